The van der Waals surface area contributed by atoms with Crippen LogP contribution in [0.15, 0.2) is 31.7 Å². The molecule has 0 unspecified atom stereocenters. The average molecular weight is 754 g/mol. The minimum absolute atomic E-state index is 0.0217. The average Bonchev–Trinajstić information content (AvgIpc) is 2.54. The van der Waals surface area contributed by atoms with E-state index in [0.717, 1.165) is 12.1 Å². The SMILES string of the molecule is Cc1cc(-c2cc(C)c(I)c(S(=O)(=O)O)c2S(=O)(=O)O)c(S(=O)(=O)O)c(S(=O)(=O)O)c1I. The van der Waals surface area contributed by atoms with Crippen LogP contribution in [0.3, 0.4) is 0 Å². The normalized spacial score (nSPS) is 13.4. The second-order valence-electron chi connectivity index (χ2n) is 6.33. The lowest BCUT2D eigenvalue weighted by Crippen LogP contribution is -2.16. The molecule has 12 nitrogen and oxygen atoms in total. The Balaban J connectivity index is 3.46. The highest BCUT2D eigenvalue weighted by Crippen LogP contribution is 2.43. The van der Waals surface area contributed by atoms with Gasteiger partial charge < -0.3 is 0 Å². The maximum absolute atomic E-state index is 12.1. The molecule has 0 aliphatic carbocycles. The molecule has 2 rings (SSSR count). The summed E-state index contributed by atoms with van der Waals surface area (Å²) in [6.45, 7) is 2.51. The molecule has 0 fully saturated rings. The van der Waals surface area contributed by atoms with E-state index >= 15 is 0 Å². The lowest BCUT2D eigenvalue weighted by molar-refractivity contribution is 0.464. The zero-order valence-corrected chi connectivity index (χ0v) is 23.2. The van der Waals surface area contributed by atoms with Crippen LogP contribution in [-0.2, 0) is 40.5 Å². The third kappa shape index (κ3) is 5.27. The Morgan fingerprint density at radius 2 is 0.750 bits per heavy atom. The molecule has 2 aromatic rings. The van der Waals surface area contributed by atoms with Crippen LogP contribution in [0.2, 0.25) is 0 Å². The molecule has 0 aliphatic heterocycles. The number of hydrogen-bond acceptors (Lipinski definition) is 8. The third-order valence-corrected chi connectivity index (χ3v) is 11.5. The van der Waals surface area contributed by atoms with Gasteiger partial charge in [0.15, 0.2) is 0 Å². The van der Waals surface area contributed by atoms with Crippen molar-refractivity contribution in [2.45, 2.75) is 33.4 Å². The van der Waals surface area contributed by atoms with E-state index in [9.17, 15) is 51.9 Å². The maximum Gasteiger partial charge on any atom is 0.297 e. The van der Waals surface area contributed by atoms with Crippen LogP contribution in [-0.4, -0.2) is 51.9 Å². The van der Waals surface area contributed by atoms with Crippen molar-refractivity contribution in [3.63, 3.8) is 0 Å². The van der Waals surface area contributed by atoms with E-state index in [2.05, 4.69) is 0 Å². The molecule has 32 heavy (non-hydrogen) atoms. The molecule has 0 bridgehead atoms. The summed E-state index contributed by atoms with van der Waals surface area (Å²) in [5, 5.41) is 0. The summed E-state index contributed by atoms with van der Waals surface area (Å²) in [4.78, 5) is -5.49. The summed E-state index contributed by atoms with van der Waals surface area (Å²) in [6.07, 6.45) is 0. The molecular weight excluding hydrogens is 742 g/mol. The van der Waals surface area contributed by atoms with Gasteiger partial charge in [-0.1, -0.05) is 0 Å². The van der Waals surface area contributed by atoms with E-state index in [4.69, 9.17) is 0 Å². The first-order valence-electron chi connectivity index (χ1n) is 7.66. The molecule has 0 spiro atoms. The predicted octanol–water partition coefficient (Wildman–Crippen LogP) is 2.17. The number of aryl methyl sites for hydroxylation is 2. The Morgan fingerprint density at radius 3 is 0.938 bits per heavy atom. The second kappa shape index (κ2) is 8.64. The molecule has 178 valence electrons. The number of rotatable bonds is 5. The van der Waals surface area contributed by atoms with Gasteiger partial charge in [0.1, 0.15) is 19.6 Å². The monoisotopic (exact) mass is 754 g/mol. The second-order valence-corrected chi connectivity index (χ2v) is 13.9. The smallest absolute Gasteiger partial charge is 0.282 e. The first-order chi connectivity index (χ1) is 14.1. The van der Waals surface area contributed by atoms with Crippen molar-refractivity contribution in [3.05, 3.63) is 30.4 Å². The maximum atomic E-state index is 12.1. The summed E-state index contributed by atoms with van der Waals surface area (Å²) in [7, 11) is -21.7. The van der Waals surface area contributed by atoms with Crippen molar-refractivity contribution in [2.75, 3.05) is 0 Å². The van der Waals surface area contributed by atoms with Crippen LogP contribution in [0.5, 0.6) is 0 Å². The van der Waals surface area contributed by atoms with Crippen LogP contribution in [0, 0.1) is 21.0 Å². The van der Waals surface area contributed by atoms with Crippen molar-refractivity contribution in [3.8, 4) is 11.1 Å². The summed E-state index contributed by atoms with van der Waals surface area (Å²) >= 11 is 2.74. The van der Waals surface area contributed by atoms with Gasteiger partial charge in [0.2, 0.25) is 0 Å². The Kier molecular flexibility index (Phi) is 7.50. The van der Waals surface area contributed by atoms with Gasteiger partial charge in [-0.15, -0.1) is 0 Å². The van der Waals surface area contributed by atoms with Gasteiger partial charge in [-0.2, -0.15) is 33.7 Å². The van der Waals surface area contributed by atoms with Crippen molar-refractivity contribution < 1.29 is 51.9 Å². The van der Waals surface area contributed by atoms with Crippen molar-refractivity contribution >= 4 is 85.7 Å². The van der Waals surface area contributed by atoms with Crippen LogP contribution in [0.25, 0.3) is 11.1 Å². The quantitative estimate of drug-likeness (QED) is 0.255. The van der Waals surface area contributed by atoms with Gasteiger partial charge in [0.05, 0.1) is 0 Å². The molecule has 0 saturated carbocycles. The molecule has 4 N–H and O–H groups in total. The topological polar surface area (TPSA) is 217 Å². The van der Waals surface area contributed by atoms with Crippen LogP contribution in [0.1, 0.15) is 11.1 Å². The number of benzene rings is 2. The van der Waals surface area contributed by atoms with Gasteiger partial charge in [0.25, 0.3) is 40.5 Å². The zero-order valence-electron chi connectivity index (χ0n) is 15.6. The fourth-order valence-corrected chi connectivity index (χ4v) is 10.0. The van der Waals surface area contributed by atoms with E-state index in [1.54, 1.807) is 0 Å². The zero-order chi connectivity index (χ0) is 25.2. The molecule has 0 atom stereocenters. The first-order valence-corrected chi connectivity index (χ1v) is 15.6. The molecule has 0 aliphatic rings. The lowest BCUT2D eigenvalue weighted by atomic mass is 10.0. The summed E-state index contributed by atoms with van der Waals surface area (Å²) in [6, 6.07) is 1.81. The van der Waals surface area contributed by atoms with Gasteiger partial charge in [-0.05, 0) is 82.3 Å². The minimum atomic E-state index is -5.50. The molecule has 2 aromatic carbocycles. The van der Waals surface area contributed by atoms with E-state index in [0.29, 0.717) is 0 Å². The number of hydrogen-bond donors (Lipinski definition) is 4. The molecule has 0 aromatic heterocycles. The van der Waals surface area contributed by atoms with Gasteiger partial charge in [-0.25, -0.2) is 0 Å². The highest BCUT2D eigenvalue weighted by atomic mass is 127. The first kappa shape index (κ1) is 27.8. The Labute approximate surface area is 210 Å². The third-order valence-electron chi connectivity index (χ3n) is 4.04. The van der Waals surface area contributed by atoms with E-state index in [1.807, 2.05) is 0 Å². The Hall–Kier alpha value is -0.460. The van der Waals surface area contributed by atoms with Crippen LogP contribution >= 0.6 is 45.2 Å². The summed E-state index contributed by atoms with van der Waals surface area (Å²) in [5.41, 5.74) is -1.77. The van der Waals surface area contributed by atoms with Crippen molar-refractivity contribution in [2.24, 2.45) is 0 Å². The fourth-order valence-electron chi connectivity index (χ4n) is 2.87. The van der Waals surface area contributed by atoms with Crippen molar-refractivity contribution in [1.82, 2.24) is 0 Å². The fraction of sp³-hybridized carbons (Fsp3) is 0.143. The van der Waals surface area contributed by atoms with E-state index < -0.39 is 71.2 Å². The predicted molar refractivity (Wildman–Crippen MR) is 126 cm³/mol. The van der Waals surface area contributed by atoms with Crippen molar-refractivity contribution in [1.29, 1.82) is 0 Å². The summed E-state index contributed by atoms with van der Waals surface area (Å²) in [5.74, 6) is 0. The highest BCUT2D eigenvalue weighted by Gasteiger charge is 2.37. The lowest BCUT2D eigenvalue weighted by Gasteiger charge is -2.19. The van der Waals surface area contributed by atoms with Gasteiger partial charge >= 0.3 is 0 Å². The van der Waals surface area contributed by atoms with Gasteiger partial charge in [0, 0.05) is 18.3 Å². The molecule has 0 radical (unpaired) electrons. The largest absolute Gasteiger partial charge is 0.297 e. The Morgan fingerprint density at radius 1 is 0.531 bits per heavy atom. The van der Waals surface area contributed by atoms with E-state index in [1.165, 1.54) is 59.0 Å². The highest BCUT2D eigenvalue weighted by molar-refractivity contribution is 14.1. The molecular formula is C14H12I2O12S4. The van der Waals surface area contributed by atoms with Crippen LogP contribution in [0.4, 0.5) is 0 Å². The molecule has 0 saturated heterocycles. The number of halogens is 2. The Bertz CT molecular complexity index is 1470. The van der Waals surface area contributed by atoms with E-state index in [-0.39, 0.29) is 18.3 Å². The molecule has 18 heteroatoms. The van der Waals surface area contributed by atoms with Crippen LogP contribution < -0.4 is 0 Å². The molecule has 0 heterocycles. The standard InChI is InChI=1S/C14H12I2O12S4/c1-5-3-7(11(29(17,18)19)13(9(5)15)31(23,24)25)8-4-6(2)10(16)14(32(26,27)28)12(8)30(20,21)22/h3-4H,1-2H3,(H,17,18,19)(H,20,21,22)(H,23,24,25)(H,26,27,28). The summed E-state index contributed by atoms with van der Waals surface area (Å²) < 4.78 is 134. The minimum Gasteiger partial charge on any atom is -0.282 e. The van der Waals surface area contributed by atoms with Gasteiger partial charge in [-0.3, -0.25) is 18.2 Å². The molecule has 0 amide bonds.